The number of amides is 2. The molecule has 192 valence electrons. The largest absolute Gasteiger partial charge is 0.344 e. The number of hydrogen-bond acceptors (Lipinski definition) is 7. The molecule has 2 atom stereocenters. The van der Waals surface area contributed by atoms with Crippen LogP contribution in [0, 0.1) is 5.92 Å². The van der Waals surface area contributed by atoms with Crippen LogP contribution in [-0.4, -0.2) is 55.5 Å². The fourth-order valence-electron chi connectivity index (χ4n) is 4.19. The van der Waals surface area contributed by atoms with E-state index in [9.17, 15) is 22.8 Å². The standard InChI is InChI=1S/C25H29N3O5S3/c1-16(2)13-19(27-25(31)22-14-17-7-3-4-9-21(17)35-22)24(30)26-18-8-5-11-28(15-20(18)29)36(32,33)23-10-6-12-34-23/h3-4,6-7,9-10,12,14,16,18-19H,5,8,11,13,15H2,1-2H3,(H,26,30)(H,27,31)/t18?,19-/m0/s1. The van der Waals surface area contributed by atoms with Gasteiger partial charge in [-0.1, -0.05) is 38.1 Å². The molecule has 3 aromatic rings. The second-order valence-electron chi connectivity index (χ2n) is 9.24. The third-order valence-corrected chi connectivity index (χ3v) is 10.3. The van der Waals surface area contributed by atoms with Gasteiger partial charge in [0.2, 0.25) is 5.91 Å². The van der Waals surface area contributed by atoms with Gasteiger partial charge in [0.15, 0.2) is 5.78 Å². The van der Waals surface area contributed by atoms with Crippen molar-refractivity contribution in [2.24, 2.45) is 5.92 Å². The minimum absolute atomic E-state index is 0.125. The van der Waals surface area contributed by atoms with Crippen LogP contribution < -0.4 is 10.6 Å². The molecule has 1 aromatic carbocycles. The van der Waals surface area contributed by atoms with Gasteiger partial charge in [0.25, 0.3) is 15.9 Å². The molecule has 0 saturated carbocycles. The van der Waals surface area contributed by atoms with Crippen LogP contribution in [0.5, 0.6) is 0 Å². The maximum atomic E-state index is 13.2. The lowest BCUT2D eigenvalue weighted by Crippen LogP contribution is -2.52. The topological polar surface area (TPSA) is 113 Å². The lowest BCUT2D eigenvalue weighted by molar-refractivity contribution is -0.129. The van der Waals surface area contributed by atoms with E-state index in [1.165, 1.54) is 21.7 Å². The van der Waals surface area contributed by atoms with Gasteiger partial charge >= 0.3 is 0 Å². The van der Waals surface area contributed by atoms with Crippen molar-refractivity contribution in [3.63, 3.8) is 0 Å². The number of nitrogens with zero attached hydrogens (tertiary/aromatic N) is 1. The molecule has 2 aromatic heterocycles. The van der Waals surface area contributed by atoms with E-state index in [1.807, 2.05) is 38.1 Å². The zero-order valence-electron chi connectivity index (χ0n) is 20.1. The average molecular weight is 548 g/mol. The Labute approximate surface area is 218 Å². The van der Waals surface area contributed by atoms with Gasteiger partial charge in [0, 0.05) is 11.2 Å². The number of nitrogens with one attached hydrogen (secondary N) is 2. The molecule has 36 heavy (non-hydrogen) atoms. The van der Waals surface area contributed by atoms with E-state index in [-0.39, 0.29) is 34.9 Å². The van der Waals surface area contributed by atoms with Gasteiger partial charge in [-0.15, -0.1) is 22.7 Å². The van der Waals surface area contributed by atoms with Crippen molar-refractivity contribution >= 4 is 60.4 Å². The fourth-order valence-corrected chi connectivity index (χ4v) is 7.74. The normalized spacial score (nSPS) is 18.2. The molecule has 3 heterocycles. The highest BCUT2D eigenvalue weighted by Crippen LogP contribution is 2.26. The molecular weight excluding hydrogens is 518 g/mol. The number of sulfonamides is 1. The quantitative estimate of drug-likeness (QED) is 0.447. The third kappa shape index (κ3) is 6.03. The van der Waals surface area contributed by atoms with Crippen LogP contribution in [0.15, 0.2) is 52.1 Å². The molecule has 0 bridgehead atoms. The molecule has 1 saturated heterocycles. The Kier molecular flexibility index (Phi) is 8.23. The van der Waals surface area contributed by atoms with Crippen molar-refractivity contribution in [1.82, 2.24) is 14.9 Å². The highest BCUT2D eigenvalue weighted by atomic mass is 32.2. The first-order valence-corrected chi connectivity index (χ1v) is 14.9. The first kappa shape index (κ1) is 26.5. The number of carbonyl (C=O) groups excluding carboxylic acids is 3. The third-order valence-electron chi connectivity index (χ3n) is 6.01. The van der Waals surface area contributed by atoms with Crippen LogP contribution in [0.1, 0.15) is 42.8 Å². The van der Waals surface area contributed by atoms with Crippen LogP contribution in [0.3, 0.4) is 0 Å². The summed E-state index contributed by atoms with van der Waals surface area (Å²) in [7, 11) is -3.75. The summed E-state index contributed by atoms with van der Waals surface area (Å²) in [4.78, 5) is 39.6. The Morgan fingerprint density at radius 3 is 2.64 bits per heavy atom. The predicted octanol–water partition coefficient (Wildman–Crippen LogP) is 3.65. The maximum Gasteiger partial charge on any atom is 0.262 e. The molecule has 2 amide bonds. The molecule has 1 aliphatic heterocycles. The number of hydrogen-bond donors (Lipinski definition) is 2. The fraction of sp³-hybridized carbons (Fsp3) is 0.400. The molecule has 8 nitrogen and oxygen atoms in total. The summed E-state index contributed by atoms with van der Waals surface area (Å²) in [6.45, 7) is 3.82. The Balaban J connectivity index is 1.44. The molecule has 1 fully saturated rings. The minimum atomic E-state index is -3.75. The van der Waals surface area contributed by atoms with Crippen molar-refractivity contribution in [3.05, 3.63) is 52.7 Å². The molecule has 0 aliphatic carbocycles. The van der Waals surface area contributed by atoms with E-state index in [4.69, 9.17) is 0 Å². The average Bonchev–Trinajstić information content (AvgIpc) is 3.49. The molecule has 1 aliphatic rings. The summed E-state index contributed by atoms with van der Waals surface area (Å²) in [5.41, 5.74) is 0. The number of carbonyl (C=O) groups is 3. The lowest BCUT2D eigenvalue weighted by atomic mass is 10.0. The smallest absolute Gasteiger partial charge is 0.262 e. The summed E-state index contributed by atoms with van der Waals surface area (Å²) in [5.74, 6) is -1.01. The monoisotopic (exact) mass is 547 g/mol. The lowest BCUT2D eigenvalue weighted by Gasteiger charge is -2.23. The van der Waals surface area contributed by atoms with Gasteiger partial charge in [-0.2, -0.15) is 4.31 Å². The highest BCUT2D eigenvalue weighted by molar-refractivity contribution is 7.91. The van der Waals surface area contributed by atoms with Crippen LogP contribution >= 0.6 is 22.7 Å². The van der Waals surface area contributed by atoms with E-state index in [0.717, 1.165) is 21.4 Å². The first-order valence-electron chi connectivity index (χ1n) is 11.8. The first-order chi connectivity index (χ1) is 17.1. The van der Waals surface area contributed by atoms with E-state index in [0.29, 0.717) is 24.1 Å². The van der Waals surface area contributed by atoms with Crippen molar-refractivity contribution in [1.29, 1.82) is 0 Å². The van der Waals surface area contributed by atoms with Crippen LogP contribution in [0.4, 0.5) is 0 Å². The van der Waals surface area contributed by atoms with Crippen molar-refractivity contribution < 1.29 is 22.8 Å². The summed E-state index contributed by atoms with van der Waals surface area (Å²) >= 11 is 2.47. The summed E-state index contributed by atoms with van der Waals surface area (Å²) in [6, 6.07) is 11.0. The Hall–Kier alpha value is -2.60. The molecule has 1 unspecified atom stereocenters. The maximum absolute atomic E-state index is 13.2. The van der Waals surface area contributed by atoms with Crippen LogP contribution in [0.2, 0.25) is 0 Å². The molecule has 4 rings (SSSR count). The number of benzene rings is 1. The Morgan fingerprint density at radius 1 is 1.17 bits per heavy atom. The number of Topliss-reactive ketones (excluding diaryl/α,β-unsaturated/α-hetero) is 1. The van der Waals surface area contributed by atoms with E-state index in [1.54, 1.807) is 17.5 Å². The van der Waals surface area contributed by atoms with Crippen molar-refractivity contribution in [2.45, 2.75) is 49.4 Å². The van der Waals surface area contributed by atoms with Gasteiger partial charge in [-0.3, -0.25) is 14.4 Å². The summed E-state index contributed by atoms with van der Waals surface area (Å²) in [6.07, 6.45) is 1.17. The molecular formula is C25H29N3O5S3. The van der Waals surface area contributed by atoms with E-state index >= 15 is 0 Å². The van der Waals surface area contributed by atoms with Gasteiger partial charge in [0.05, 0.1) is 17.5 Å². The number of fused-ring (bicyclic) bond motifs is 1. The van der Waals surface area contributed by atoms with Gasteiger partial charge in [-0.25, -0.2) is 8.42 Å². The van der Waals surface area contributed by atoms with Crippen LogP contribution in [-0.2, 0) is 19.6 Å². The molecule has 2 N–H and O–H groups in total. The van der Waals surface area contributed by atoms with Crippen molar-refractivity contribution in [2.75, 3.05) is 13.1 Å². The molecule has 0 radical (unpaired) electrons. The SMILES string of the molecule is CC(C)C[C@H](NC(=O)c1cc2ccccc2s1)C(=O)NC1CCCN(S(=O)(=O)c2cccs2)CC1=O. The van der Waals surface area contributed by atoms with Crippen molar-refractivity contribution in [3.8, 4) is 0 Å². The van der Waals surface area contributed by atoms with Gasteiger partial charge < -0.3 is 10.6 Å². The summed E-state index contributed by atoms with van der Waals surface area (Å²) < 4.78 is 28.1. The number of rotatable bonds is 8. The highest BCUT2D eigenvalue weighted by Gasteiger charge is 2.34. The second-order valence-corrected chi connectivity index (χ2v) is 13.4. The molecule has 11 heteroatoms. The number of thiophene rings is 2. The Bertz CT molecular complexity index is 1320. The minimum Gasteiger partial charge on any atom is -0.344 e. The number of ketones is 1. The predicted molar refractivity (Wildman–Crippen MR) is 142 cm³/mol. The zero-order valence-corrected chi connectivity index (χ0v) is 22.5. The van der Waals surface area contributed by atoms with Gasteiger partial charge in [0.1, 0.15) is 10.3 Å². The summed E-state index contributed by atoms with van der Waals surface area (Å²) in [5, 5.41) is 8.27. The van der Waals surface area contributed by atoms with E-state index in [2.05, 4.69) is 10.6 Å². The Morgan fingerprint density at radius 2 is 1.94 bits per heavy atom. The van der Waals surface area contributed by atoms with Crippen LogP contribution in [0.25, 0.3) is 10.1 Å². The zero-order chi connectivity index (χ0) is 25.9. The second kappa shape index (κ2) is 11.2. The molecule has 0 spiro atoms. The van der Waals surface area contributed by atoms with Gasteiger partial charge in [-0.05, 0) is 54.1 Å². The van der Waals surface area contributed by atoms with E-state index < -0.39 is 28.0 Å².